The van der Waals surface area contributed by atoms with Crippen molar-refractivity contribution in [3.8, 4) is 0 Å². The molecule has 0 unspecified atom stereocenters. The summed E-state index contributed by atoms with van der Waals surface area (Å²) in [6, 6.07) is 1.82. The third-order valence-corrected chi connectivity index (χ3v) is 3.32. The molecule has 1 aliphatic heterocycles. The zero-order valence-corrected chi connectivity index (χ0v) is 11.0. The summed E-state index contributed by atoms with van der Waals surface area (Å²) in [5, 5.41) is 8.58. The van der Waals surface area contributed by atoms with E-state index in [-0.39, 0.29) is 6.42 Å². The lowest BCUT2D eigenvalue weighted by atomic mass is 10.2. The van der Waals surface area contributed by atoms with Crippen LogP contribution in [0.25, 0.3) is 0 Å². The van der Waals surface area contributed by atoms with Crippen LogP contribution in [-0.4, -0.2) is 58.7 Å². The Balaban J connectivity index is 1.67. The van der Waals surface area contributed by atoms with Crippen molar-refractivity contribution in [3.63, 3.8) is 0 Å². The van der Waals surface area contributed by atoms with E-state index in [1.165, 1.54) is 0 Å². The molecule has 2 rings (SSSR count). The maximum atomic E-state index is 10.4. The number of aromatic nitrogens is 2. The van der Waals surface area contributed by atoms with Gasteiger partial charge in [0, 0.05) is 45.0 Å². The van der Waals surface area contributed by atoms with Gasteiger partial charge in [-0.2, -0.15) is 0 Å². The number of unbranched alkanes of at least 4 members (excludes halogenated alkanes) is 1. The van der Waals surface area contributed by atoms with E-state index in [2.05, 4.69) is 19.8 Å². The molecule has 6 heteroatoms. The highest BCUT2D eigenvalue weighted by molar-refractivity contribution is 5.66. The number of carboxylic acid groups (broad SMARTS) is 1. The highest BCUT2D eigenvalue weighted by atomic mass is 16.4. The molecule has 0 aromatic carbocycles. The van der Waals surface area contributed by atoms with Crippen molar-refractivity contribution >= 4 is 11.9 Å². The molecule has 0 saturated carbocycles. The minimum absolute atomic E-state index is 0.276. The van der Waals surface area contributed by atoms with E-state index in [9.17, 15) is 4.79 Å². The molecule has 1 N–H and O–H groups in total. The molecule has 1 fully saturated rings. The molecule has 0 atom stereocenters. The molecule has 1 saturated heterocycles. The average molecular weight is 264 g/mol. The number of hydrogen-bond donors (Lipinski definition) is 1. The van der Waals surface area contributed by atoms with Gasteiger partial charge in [-0.15, -0.1) is 0 Å². The zero-order valence-electron chi connectivity index (χ0n) is 11.0. The molecule has 0 spiro atoms. The van der Waals surface area contributed by atoms with Crippen LogP contribution in [0.3, 0.4) is 0 Å². The standard InChI is InChI=1S/C13H20N4O2/c18-12(19)4-1-2-7-16-8-10-17(11-9-16)13-14-5-3-6-15-13/h3,5-6H,1-2,4,7-11H2,(H,18,19). The molecule has 1 aromatic heterocycles. The second-order valence-electron chi connectivity index (χ2n) is 4.73. The Morgan fingerprint density at radius 2 is 1.84 bits per heavy atom. The summed E-state index contributed by atoms with van der Waals surface area (Å²) >= 11 is 0. The van der Waals surface area contributed by atoms with Crippen molar-refractivity contribution in [2.45, 2.75) is 19.3 Å². The number of carbonyl (C=O) groups is 1. The molecule has 1 aliphatic rings. The first-order valence-corrected chi connectivity index (χ1v) is 6.72. The van der Waals surface area contributed by atoms with Gasteiger partial charge in [0.05, 0.1) is 0 Å². The van der Waals surface area contributed by atoms with Gasteiger partial charge in [0.25, 0.3) is 0 Å². The fourth-order valence-corrected chi connectivity index (χ4v) is 2.24. The van der Waals surface area contributed by atoms with Crippen LogP contribution in [0, 0.1) is 0 Å². The monoisotopic (exact) mass is 264 g/mol. The molecule has 0 amide bonds. The summed E-state index contributed by atoms with van der Waals surface area (Å²) in [5.74, 6) is 0.0964. The molecular weight excluding hydrogens is 244 g/mol. The SMILES string of the molecule is O=C(O)CCCCN1CCN(c2ncccn2)CC1. The number of carboxylic acids is 1. The third-order valence-electron chi connectivity index (χ3n) is 3.32. The number of nitrogens with zero attached hydrogens (tertiary/aromatic N) is 4. The molecule has 104 valence electrons. The number of anilines is 1. The van der Waals surface area contributed by atoms with Gasteiger partial charge in [-0.05, 0) is 25.5 Å². The molecule has 2 heterocycles. The van der Waals surface area contributed by atoms with Gasteiger partial charge in [-0.25, -0.2) is 9.97 Å². The maximum absolute atomic E-state index is 10.4. The maximum Gasteiger partial charge on any atom is 0.303 e. The quantitative estimate of drug-likeness (QED) is 0.768. The summed E-state index contributed by atoms with van der Waals surface area (Å²) in [7, 11) is 0. The predicted octanol–water partition coefficient (Wildman–Crippen LogP) is 0.853. The van der Waals surface area contributed by atoms with E-state index in [0.29, 0.717) is 0 Å². The van der Waals surface area contributed by atoms with Gasteiger partial charge >= 0.3 is 5.97 Å². The third kappa shape index (κ3) is 4.48. The highest BCUT2D eigenvalue weighted by Crippen LogP contribution is 2.10. The summed E-state index contributed by atoms with van der Waals surface area (Å²) < 4.78 is 0. The molecule has 0 bridgehead atoms. The van der Waals surface area contributed by atoms with Crippen LogP contribution in [0.2, 0.25) is 0 Å². The van der Waals surface area contributed by atoms with Crippen LogP contribution in [0.4, 0.5) is 5.95 Å². The molecule has 0 radical (unpaired) electrons. The Labute approximate surface area is 113 Å². The molecule has 0 aliphatic carbocycles. The van der Waals surface area contributed by atoms with Crippen molar-refractivity contribution in [2.75, 3.05) is 37.6 Å². The Bertz CT molecular complexity index is 391. The van der Waals surface area contributed by atoms with Gasteiger partial charge in [-0.3, -0.25) is 9.69 Å². The van der Waals surface area contributed by atoms with E-state index in [0.717, 1.165) is 51.5 Å². The Morgan fingerprint density at radius 1 is 1.16 bits per heavy atom. The number of hydrogen-bond acceptors (Lipinski definition) is 5. The number of piperazine rings is 1. The average Bonchev–Trinajstić information content (AvgIpc) is 2.45. The van der Waals surface area contributed by atoms with E-state index in [1.54, 1.807) is 12.4 Å². The van der Waals surface area contributed by atoms with Crippen LogP contribution in [0.1, 0.15) is 19.3 Å². The molecule has 1 aromatic rings. The highest BCUT2D eigenvalue weighted by Gasteiger charge is 2.18. The summed E-state index contributed by atoms with van der Waals surface area (Å²) in [4.78, 5) is 23.5. The summed E-state index contributed by atoms with van der Waals surface area (Å²) in [5.41, 5.74) is 0. The second-order valence-corrected chi connectivity index (χ2v) is 4.73. The molecule has 6 nitrogen and oxygen atoms in total. The van der Waals surface area contributed by atoms with Crippen LogP contribution in [0.15, 0.2) is 18.5 Å². The van der Waals surface area contributed by atoms with Crippen LogP contribution >= 0.6 is 0 Å². The first-order valence-electron chi connectivity index (χ1n) is 6.72. The number of aliphatic carboxylic acids is 1. The zero-order chi connectivity index (χ0) is 13.5. The Hall–Kier alpha value is -1.69. The van der Waals surface area contributed by atoms with Crippen molar-refractivity contribution in [1.29, 1.82) is 0 Å². The van der Waals surface area contributed by atoms with Gasteiger partial charge in [0.2, 0.25) is 5.95 Å². The van der Waals surface area contributed by atoms with E-state index in [4.69, 9.17) is 5.11 Å². The minimum atomic E-state index is -0.703. The minimum Gasteiger partial charge on any atom is -0.481 e. The lowest BCUT2D eigenvalue weighted by molar-refractivity contribution is -0.137. The lowest BCUT2D eigenvalue weighted by Crippen LogP contribution is -2.47. The lowest BCUT2D eigenvalue weighted by Gasteiger charge is -2.34. The predicted molar refractivity (Wildman–Crippen MR) is 72.2 cm³/mol. The summed E-state index contributed by atoms with van der Waals surface area (Å²) in [6.07, 6.45) is 5.52. The van der Waals surface area contributed by atoms with E-state index < -0.39 is 5.97 Å². The molecular formula is C13H20N4O2. The fourth-order valence-electron chi connectivity index (χ4n) is 2.24. The van der Waals surface area contributed by atoms with Gasteiger partial charge in [0.1, 0.15) is 0 Å². The van der Waals surface area contributed by atoms with Crippen molar-refractivity contribution in [2.24, 2.45) is 0 Å². The largest absolute Gasteiger partial charge is 0.481 e. The van der Waals surface area contributed by atoms with Crippen molar-refractivity contribution in [3.05, 3.63) is 18.5 Å². The Kier molecular flexibility index (Phi) is 5.09. The summed E-state index contributed by atoms with van der Waals surface area (Å²) in [6.45, 7) is 4.83. The van der Waals surface area contributed by atoms with Crippen molar-refractivity contribution in [1.82, 2.24) is 14.9 Å². The second kappa shape index (κ2) is 7.04. The van der Waals surface area contributed by atoms with Crippen LogP contribution < -0.4 is 4.90 Å². The smallest absolute Gasteiger partial charge is 0.303 e. The van der Waals surface area contributed by atoms with Gasteiger partial charge in [0.15, 0.2) is 0 Å². The fraction of sp³-hybridized carbons (Fsp3) is 0.615. The van der Waals surface area contributed by atoms with E-state index in [1.807, 2.05) is 6.07 Å². The first kappa shape index (κ1) is 13.7. The Morgan fingerprint density at radius 3 is 2.47 bits per heavy atom. The van der Waals surface area contributed by atoms with Gasteiger partial charge < -0.3 is 10.0 Å². The van der Waals surface area contributed by atoms with Crippen molar-refractivity contribution < 1.29 is 9.90 Å². The van der Waals surface area contributed by atoms with E-state index >= 15 is 0 Å². The normalized spacial score (nSPS) is 16.5. The van der Waals surface area contributed by atoms with Gasteiger partial charge in [-0.1, -0.05) is 0 Å². The first-order chi connectivity index (χ1) is 9.25. The van der Waals surface area contributed by atoms with Crippen LogP contribution in [-0.2, 0) is 4.79 Å². The van der Waals surface area contributed by atoms with Crippen LogP contribution in [0.5, 0.6) is 0 Å². The topological polar surface area (TPSA) is 69.6 Å². The number of rotatable bonds is 6. The molecule has 19 heavy (non-hydrogen) atoms.